The van der Waals surface area contributed by atoms with Gasteiger partial charge in [0.25, 0.3) is 11.5 Å². The Hall–Kier alpha value is -3.73. The van der Waals surface area contributed by atoms with Crippen LogP contribution < -0.4 is 10.3 Å². The molecule has 0 atom stereocenters. The topological polar surface area (TPSA) is 121 Å². The van der Waals surface area contributed by atoms with Gasteiger partial charge >= 0.3 is 6.03 Å². The van der Waals surface area contributed by atoms with Gasteiger partial charge < -0.3 is 24.2 Å². The minimum absolute atomic E-state index is 0.0159. The van der Waals surface area contributed by atoms with Crippen molar-refractivity contribution in [2.75, 3.05) is 52.5 Å². The number of carbonyl (C=O) groups is 2. The number of hydrogen-bond acceptors (Lipinski definition) is 7. The lowest BCUT2D eigenvalue weighted by atomic mass is 10.0. The van der Waals surface area contributed by atoms with Crippen LogP contribution in [0.5, 0.6) is 5.88 Å². The largest absolute Gasteiger partial charge is 0.477 e. The van der Waals surface area contributed by atoms with Gasteiger partial charge in [0.05, 0.1) is 12.8 Å². The van der Waals surface area contributed by atoms with Crippen molar-refractivity contribution in [1.29, 1.82) is 0 Å². The summed E-state index contributed by atoms with van der Waals surface area (Å²) < 4.78 is 11.6. The average molecular weight is 547 g/mol. The molecule has 1 saturated carbocycles. The molecule has 11 nitrogen and oxygen atoms in total. The van der Waals surface area contributed by atoms with Crippen molar-refractivity contribution in [3.63, 3.8) is 0 Å². The van der Waals surface area contributed by atoms with E-state index in [-0.39, 0.29) is 17.5 Å². The molecule has 0 bridgehead atoms. The number of aromatic nitrogens is 3. The summed E-state index contributed by atoms with van der Waals surface area (Å²) in [5.41, 5.74) is 5.21. The Bertz CT molecular complexity index is 1410. The highest BCUT2D eigenvalue weighted by molar-refractivity contribution is 5.95. The van der Waals surface area contributed by atoms with E-state index >= 15 is 0 Å². The van der Waals surface area contributed by atoms with E-state index in [2.05, 4.69) is 10.2 Å². The summed E-state index contributed by atoms with van der Waals surface area (Å²) >= 11 is 0. The normalized spacial score (nSPS) is 21.1. The van der Waals surface area contributed by atoms with E-state index < -0.39 is 0 Å². The molecule has 210 valence electrons. The van der Waals surface area contributed by atoms with Crippen LogP contribution in [0.2, 0.25) is 0 Å². The number of H-pyrrole nitrogens is 1. The number of urea groups is 1. The zero-order valence-corrected chi connectivity index (χ0v) is 22.6. The molecule has 1 N–H and O–H groups in total. The SMILES string of the molecule is O=C(c1cc(OCC2CCOCC2)nc(C2CC2)c1)N1CC2=C(C1)CN(C(=O)N1CCc3c(cn[nH]c3=O)C1)C2. The van der Waals surface area contributed by atoms with Crippen molar-refractivity contribution in [2.45, 2.75) is 44.6 Å². The molecule has 11 heteroatoms. The molecule has 6 heterocycles. The van der Waals surface area contributed by atoms with E-state index in [0.717, 1.165) is 61.3 Å². The number of hydrogen-bond donors (Lipinski definition) is 1. The first-order chi connectivity index (χ1) is 19.5. The molecular weight excluding hydrogens is 512 g/mol. The quantitative estimate of drug-likeness (QED) is 0.570. The monoisotopic (exact) mass is 546 g/mol. The van der Waals surface area contributed by atoms with Crippen molar-refractivity contribution in [1.82, 2.24) is 29.9 Å². The second-order valence-corrected chi connectivity index (χ2v) is 11.6. The molecule has 40 heavy (non-hydrogen) atoms. The molecular formula is C29H34N6O5. The van der Waals surface area contributed by atoms with Crippen molar-refractivity contribution in [2.24, 2.45) is 5.92 Å². The molecule has 2 aromatic rings. The number of aromatic amines is 1. The van der Waals surface area contributed by atoms with Crippen LogP contribution in [0.4, 0.5) is 4.79 Å². The highest BCUT2D eigenvalue weighted by Gasteiger charge is 2.37. The van der Waals surface area contributed by atoms with E-state index in [1.807, 2.05) is 15.9 Å². The maximum absolute atomic E-state index is 13.6. The van der Waals surface area contributed by atoms with Gasteiger partial charge in [0.1, 0.15) is 0 Å². The summed E-state index contributed by atoms with van der Waals surface area (Å²) in [5.74, 6) is 1.39. The van der Waals surface area contributed by atoms with E-state index in [1.165, 1.54) is 0 Å². The number of fused-ring (bicyclic) bond motifs is 1. The lowest BCUT2D eigenvalue weighted by molar-refractivity contribution is 0.0490. The zero-order chi connectivity index (χ0) is 27.2. The summed E-state index contributed by atoms with van der Waals surface area (Å²) in [4.78, 5) is 49.1. The first kappa shape index (κ1) is 25.3. The van der Waals surface area contributed by atoms with Gasteiger partial charge in [-0.15, -0.1) is 0 Å². The lowest BCUT2D eigenvalue weighted by Gasteiger charge is -2.32. The molecule has 0 unspecified atom stereocenters. The molecule has 3 amide bonds. The van der Waals surface area contributed by atoms with E-state index in [4.69, 9.17) is 14.5 Å². The van der Waals surface area contributed by atoms with Crippen LogP contribution >= 0.6 is 0 Å². The van der Waals surface area contributed by atoms with Crippen LogP contribution in [0.15, 0.2) is 34.3 Å². The molecule has 7 rings (SSSR count). The number of rotatable bonds is 5. The minimum atomic E-state index is -0.173. The average Bonchev–Trinajstić information content (AvgIpc) is 3.65. The lowest BCUT2D eigenvalue weighted by Crippen LogP contribution is -2.46. The number of ether oxygens (including phenoxy) is 2. The fourth-order valence-corrected chi connectivity index (χ4v) is 6.23. The molecule has 0 spiro atoms. The highest BCUT2D eigenvalue weighted by atomic mass is 16.5. The third kappa shape index (κ3) is 4.98. The summed E-state index contributed by atoms with van der Waals surface area (Å²) in [7, 11) is 0. The van der Waals surface area contributed by atoms with E-state index in [9.17, 15) is 14.4 Å². The summed E-state index contributed by atoms with van der Waals surface area (Å²) in [6, 6.07) is 3.70. The maximum atomic E-state index is 13.6. The van der Waals surface area contributed by atoms with Crippen molar-refractivity contribution in [3.8, 4) is 5.88 Å². The minimum Gasteiger partial charge on any atom is -0.477 e. The second-order valence-electron chi connectivity index (χ2n) is 11.6. The molecule has 1 saturated heterocycles. The summed E-state index contributed by atoms with van der Waals surface area (Å²) in [6.45, 7) is 5.14. The van der Waals surface area contributed by atoms with Gasteiger partial charge in [0.15, 0.2) is 0 Å². The first-order valence-electron chi connectivity index (χ1n) is 14.3. The van der Waals surface area contributed by atoms with Crippen molar-refractivity contribution in [3.05, 3.63) is 62.2 Å². The summed E-state index contributed by atoms with van der Waals surface area (Å²) in [5, 5.41) is 6.36. The molecule has 1 aliphatic carbocycles. The van der Waals surface area contributed by atoms with Gasteiger partial charge in [-0.25, -0.2) is 14.9 Å². The second kappa shape index (κ2) is 10.3. The Balaban J connectivity index is 0.979. The third-order valence-corrected chi connectivity index (χ3v) is 8.77. The third-order valence-electron chi connectivity index (χ3n) is 8.77. The number of amides is 3. The Kier molecular flexibility index (Phi) is 6.53. The zero-order valence-electron chi connectivity index (χ0n) is 22.6. The summed E-state index contributed by atoms with van der Waals surface area (Å²) in [6.07, 6.45) is 6.34. The van der Waals surface area contributed by atoms with Crippen LogP contribution in [0, 0.1) is 5.92 Å². The first-order valence-corrected chi connectivity index (χ1v) is 14.3. The molecule has 4 aliphatic heterocycles. The van der Waals surface area contributed by atoms with Gasteiger partial charge in [-0.2, -0.15) is 5.10 Å². The van der Waals surface area contributed by atoms with Gasteiger partial charge in [-0.05, 0) is 55.2 Å². The van der Waals surface area contributed by atoms with Crippen LogP contribution in [0.1, 0.15) is 58.8 Å². The number of pyridine rings is 1. The standard InChI is InChI=1S/C29H34N6O5/c36-27-24-3-6-33(12-21(24)11-30-32-27)29(38)35-15-22-13-34(14-23(22)16-35)28(37)20-9-25(19-1-2-19)31-26(10-20)40-17-18-4-7-39-8-5-18/h9-11,18-19H,1-8,12-17H2,(H,32,36). The van der Waals surface area contributed by atoms with Gasteiger partial charge in [0.2, 0.25) is 5.88 Å². The molecule has 0 radical (unpaired) electrons. The van der Waals surface area contributed by atoms with Crippen LogP contribution in [-0.4, -0.2) is 94.4 Å². The van der Waals surface area contributed by atoms with Gasteiger partial charge in [-0.1, -0.05) is 0 Å². The number of carbonyl (C=O) groups excluding carboxylic acids is 2. The molecule has 2 fully saturated rings. The Morgan fingerprint density at radius 3 is 2.48 bits per heavy atom. The fourth-order valence-electron chi connectivity index (χ4n) is 6.23. The van der Waals surface area contributed by atoms with Crippen LogP contribution in [-0.2, 0) is 17.7 Å². The van der Waals surface area contributed by atoms with E-state index in [0.29, 0.717) is 81.1 Å². The van der Waals surface area contributed by atoms with Crippen molar-refractivity contribution >= 4 is 11.9 Å². The maximum Gasteiger partial charge on any atom is 0.320 e. The Morgan fingerprint density at radius 1 is 0.975 bits per heavy atom. The van der Waals surface area contributed by atoms with Crippen LogP contribution in [0.3, 0.4) is 0 Å². The molecule has 0 aromatic carbocycles. The Morgan fingerprint density at radius 2 is 1.73 bits per heavy atom. The predicted octanol–water partition coefficient (Wildman–Crippen LogP) is 2.09. The smallest absolute Gasteiger partial charge is 0.320 e. The van der Waals surface area contributed by atoms with Gasteiger partial charge in [0, 0.05) is 86.9 Å². The number of nitrogens with one attached hydrogen (secondary N) is 1. The predicted molar refractivity (Wildman–Crippen MR) is 144 cm³/mol. The molecule has 5 aliphatic rings. The highest BCUT2D eigenvalue weighted by Crippen LogP contribution is 2.40. The van der Waals surface area contributed by atoms with Crippen LogP contribution in [0.25, 0.3) is 0 Å². The van der Waals surface area contributed by atoms with Crippen molar-refractivity contribution < 1.29 is 19.1 Å². The fraction of sp³-hybridized carbons (Fsp3) is 0.552. The Labute approximate surface area is 232 Å². The van der Waals surface area contributed by atoms with Gasteiger partial charge in [-0.3, -0.25) is 9.59 Å². The van der Waals surface area contributed by atoms with E-state index in [1.54, 1.807) is 17.2 Å². The number of nitrogens with zero attached hydrogens (tertiary/aromatic N) is 5. The molecule has 2 aromatic heterocycles.